The minimum atomic E-state index is -3.51. The third kappa shape index (κ3) is 46.4. The summed E-state index contributed by atoms with van der Waals surface area (Å²) in [5.74, 6) is 0. The van der Waals surface area contributed by atoms with Crippen LogP contribution in [0.4, 0.5) is 0 Å². The number of alkyl halides is 1. The summed E-state index contributed by atoms with van der Waals surface area (Å²) in [6.45, 7) is 0. The van der Waals surface area contributed by atoms with Crippen molar-refractivity contribution < 1.29 is 67.5 Å². The Balaban J connectivity index is -0.0000000823. The fraction of sp³-hybridized carbons (Fsp3) is 1.00. The van der Waals surface area contributed by atoms with Crippen LogP contribution in [0, 0.1) is 0 Å². The molecule has 0 saturated heterocycles. The molecule has 104 valence electrons. The zero-order valence-electron chi connectivity index (χ0n) is 7.87. The summed E-state index contributed by atoms with van der Waals surface area (Å²) in [5.41, 5.74) is 0. The molecule has 0 N–H and O–H groups in total. The van der Waals surface area contributed by atoms with Crippen LogP contribution in [0.15, 0.2) is 0 Å². The molecule has 0 aliphatic carbocycles. The molecule has 0 aliphatic rings. The second kappa shape index (κ2) is 20.0. The van der Waals surface area contributed by atoms with Crippen molar-refractivity contribution in [1.29, 1.82) is 0 Å². The fourth-order valence-corrected chi connectivity index (χ4v) is 1.22. The minimum Gasteiger partial charge on any atom is -0.781 e. The van der Waals surface area contributed by atoms with E-state index < -0.39 is 33.0 Å². The van der Waals surface area contributed by atoms with E-state index in [2.05, 4.69) is 20.2 Å². The van der Waals surface area contributed by atoms with Gasteiger partial charge in [0, 0.05) is 6.38 Å². The fourth-order valence-electron chi connectivity index (χ4n) is 0.136. The van der Waals surface area contributed by atoms with E-state index in [1.165, 1.54) is 6.38 Å². The molecule has 10 nitrogen and oxygen atoms in total. The molecule has 0 aromatic rings. The van der Waals surface area contributed by atoms with E-state index in [4.69, 9.17) is 0 Å². The molecule has 0 aromatic carbocycles. The standard InChI is InChI=1S/CH3Cl.Mo.2H4O5P2/c1-2;;2*1-6(2)5-7(3)4/h1H3;;2*6-7H,(H,1,2)(H,3,4)/q;+4;;/p-4. The number of hydrogen-bond donors (Lipinski definition) is 0. The van der Waals surface area contributed by atoms with Crippen molar-refractivity contribution in [3.05, 3.63) is 0 Å². The molecule has 16 heteroatoms. The summed E-state index contributed by atoms with van der Waals surface area (Å²) in [7, 11) is -14.1. The van der Waals surface area contributed by atoms with Gasteiger partial charge in [-0.15, -0.1) is 11.6 Å². The summed E-state index contributed by atoms with van der Waals surface area (Å²) in [6, 6.07) is 0. The zero-order chi connectivity index (χ0) is 13.7. The topological polar surface area (TPSA) is 179 Å². The van der Waals surface area contributed by atoms with Crippen LogP contribution in [-0.2, 0) is 47.9 Å². The summed E-state index contributed by atoms with van der Waals surface area (Å²) in [4.78, 5) is 37.1. The van der Waals surface area contributed by atoms with Gasteiger partial charge in [-0.1, -0.05) is 0 Å². The van der Waals surface area contributed by atoms with Crippen LogP contribution in [0.25, 0.3) is 0 Å². The van der Waals surface area contributed by atoms with Gasteiger partial charge in [0.1, 0.15) is 33.0 Å². The van der Waals surface area contributed by atoms with Crippen molar-refractivity contribution in [3.63, 3.8) is 0 Å². The Morgan fingerprint density at radius 2 is 0.824 bits per heavy atom. The van der Waals surface area contributed by atoms with E-state index >= 15 is 0 Å². The quantitative estimate of drug-likeness (QED) is 0.269. The first kappa shape index (κ1) is 27.1. The molecule has 0 fully saturated rings. The maximum atomic E-state index is 9.29. The largest absolute Gasteiger partial charge is 4.00 e. The molecule has 0 heterocycles. The number of halogens is 1. The van der Waals surface area contributed by atoms with Gasteiger partial charge in [-0.2, -0.15) is 0 Å². The predicted octanol–water partition coefficient (Wildman–Crippen LogP) is -2.14. The molecule has 0 amide bonds. The summed E-state index contributed by atoms with van der Waals surface area (Å²) >= 11 is 4.64. The summed E-state index contributed by atoms with van der Waals surface area (Å²) < 4.78 is 43.6. The second-order valence-electron chi connectivity index (χ2n) is 1.20. The van der Waals surface area contributed by atoms with E-state index in [0.717, 1.165) is 0 Å². The van der Waals surface area contributed by atoms with Gasteiger partial charge >= 0.3 is 21.1 Å². The first-order valence-corrected chi connectivity index (χ1v) is 8.48. The van der Waals surface area contributed by atoms with Crippen molar-refractivity contribution in [3.8, 4) is 0 Å². The molecule has 0 saturated carbocycles. The van der Waals surface area contributed by atoms with Gasteiger partial charge in [-0.3, -0.25) is 8.62 Å². The van der Waals surface area contributed by atoms with Gasteiger partial charge < -0.3 is 37.8 Å². The van der Waals surface area contributed by atoms with Gasteiger partial charge in [0.2, 0.25) is 0 Å². The third-order valence-electron chi connectivity index (χ3n) is 0.333. The SMILES string of the molecule is CCl.O=[PH]([O-])O[PH](=O)[O-].O=[PH]([O-])O[PH](=O)[O-].[Mo+4]. The normalized spacial score (nSPS) is 15.6. The van der Waals surface area contributed by atoms with E-state index in [1.54, 1.807) is 0 Å². The summed E-state index contributed by atoms with van der Waals surface area (Å²) in [6.07, 6.45) is 1.47. The maximum absolute atomic E-state index is 9.29. The van der Waals surface area contributed by atoms with E-state index in [0.29, 0.717) is 0 Å². The Labute approximate surface area is 118 Å². The second-order valence-corrected chi connectivity index (χ2v) is 4.84. The van der Waals surface area contributed by atoms with Crippen molar-refractivity contribution in [1.82, 2.24) is 0 Å². The first-order chi connectivity index (χ1) is 7.25. The van der Waals surface area contributed by atoms with Crippen LogP contribution in [-0.4, -0.2) is 6.38 Å². The Kier molecular flexibility index (Phi) is 31.8. The third-order valence-corrected chi connectivity index (χ3v) is 3.00. The molecular formula is CH7ClMoO10P4. The van der Waals surface area contributed by atoms with Crippen LogP contribution in [0.2, 0.25) is 0 Å². The van der Waals surface area contributed by atoms with Crippen molar-refractivity contribution in [2.45, 2.75) is 0 Å². The van der Waals surface area contributed by atoms with Crippen LogP contribution >= 0.6 is 44.6 Å². The Morgan fingerprint density at radius 3 is 0.824 bits per heavy atom. The molecule has 4 unspecified atom stereocenters. The zero-order valence-corrected chi connectivity index (χ0v) is 14.6. The maximum Gasteiger partial charge on any atom is 4.00 e. The van der Waals surface area contributed by atoms with Gasteiger partial charge in [0.25, 0.3) is 0 Å². The molecule has 0 radical (unpaired) electrons. The van der Waals surface area contributed by atoms with E-state index in [-0.39, 0.29) is 21.1 Å². The smallest absolute Gasteiger partial charge is 0.781 e. The molecule has 0 rings (SSSR count). The average Bonchev–Trinajstić information content (AvgIpc) is 2.03. The molecule has 0 aliphatic heterocycles. The van der Waals surface area contributed by atoms with Crippen molar-refractivity contribution >= 4 is 44.6 Å². The monoisotopic (exact) mass is 436 g/mol. The van der Waals surface area contributed by atoms with E-state index in [9.17, 15) is 37.8 Å². The number of rotatable bonds is 4. The molecule has 0 aromatic heterocycles. The van der Waals surface area contributed by atoms with Crippen LogP contribution in [0.5, 0.6) is 0 Å². The molecular weight excluding hydrogens is 427 g/mol. The number of hydrogen-bond acceptors (Lipinski definition) is 10. The Hall–Kier alpha value is 1.66. The minimum absolute atomic E-state index is 0. The first-order valence-electron chi connectivity index (χ1n) is 2.83. The van der Waals surface area contributed by atoms with Crippen LogP contribution in [0.3, 0.4) is 0 Å². The molecule has 17 heavy (non-hydrogen) atoms. The molecule has 0 spiro atoms. The average molecular weight is 434 g/mol. The van der Waals surface area contributed by atoms with Crippen LogP contribution < -0.4 is 19.6 Å². The Bertz CT molecular complexity index is 207. The van der Waals surface area contributed by atoms with Gasteiger partial charge in [-0.05, 0) is 0 Å². The molecule has 4 atom stereocenters. The van der Waals surface area contributed by atoms with Gasteiger partial charge in [0.05, 0.1) is 0 Å². The van der Waals surface area contributed by atoms with Crippen molar-refractivity contribution in [2.75, 3.05) is 6.38 Å². The van der Waals surface area contributed by atoms with E-state index in [1.807, 2.05) is 0 Å². The summed E-state index contributed by atoms with van der Waals surface area (Å²) in [5, 5.41) is 0. The van der Waals surface area contributed by atoms with Gasteiger partial charge in [-0.25, -0.2) is 0 Å². The Morgan fingerprint density at radius 1 is 0.706 bits per heavy atom. The van der Waals surface area contributed by atoms with Crippen LogP contribution in [0.1, 0.15) is 0 Å². The predicted molar refractivity (Wildman–Crippen MR) is 50.0 cm³/mol. The molecule has 0 bridgehead atoms. The van der Waals surface area contributed by atoms with Gasteiger partial charge in [0.15, 0.2) is 0 Å². The van der Waals surface area contributed by atoms with Crippen molar-refractivity contribution in [2.24, 2.45) is 0 Å².